The molecule has 0 saturated carbocycles. The molecule has 0 saturated heterocycles. The SMILES string of the molecule is CCn1nc(C(C)(C)C)cc1-c1nc2ccc(-c3ccccc3OC(F)(F)F)cc2[nH]1.[H-].[Na+]. The zero-order chi connectivity index (χ0) is 22.4. The van der Waals surface area contributed by atoms with Crippen molar-refractivity contribution in [3.63, 3.8) is 0 Å². The van der Waals surface area contributed by atoms with Crippen LogP contribution in [0.1, 0.15) is 34.8 Å². The van der Waals surface area contributed by atoms with Gasteiger partial charge in [-0.3, -0.25) is 4.68 Å². The number of rotatable bonds is 4. The van der Waals surface area contributed by atoms with E-state index in [2.05, 4.69) is 35.5 Å². The fourth-order valence-electron chi connectivity index (χ4n) is 3.43. The summed E-state index contributed by atoms with van der Waals surface area (Å²) in [5.74, 6) is 0.421. The first kappa shape index (κ1) is 24.4. The molecule has 0 aliphatic heterocycles. The van der Waals surface area contributed by atoms with Crippen molar-refractivity contribution in [2.75, 3.05) is 0 Å². The third-order valence-corrected chi connectivity index (χ3v) is 5.00. The summed E-state index contributed by atoms with van der Waals surface area (Å²) < 4.78 is 44.5. The molecule has 0 fully saturated rings. The van der Waals surface area contributed by atoms with Gasteiger partial charge in [-0.25, -0.2) is 4.98 Å². The summed E-state index contributed by atoms with van der Waals surface area (Å²) in [6.45, 7) is 9.01. The number of aryl methyl sites for hydroxylation is 1. The smallest absolute Gasteiger partial charge is 1.00 e. The summed E-state index contributed by atoms with van der Waals surface area (Å²) >= 11 is 0. The maximum absolute atomic E-state index is 12.8. The van der Waals surface area contributed by atoms with Gasteiger partial charge < -0.3 is 11.1 Å². The number of ether oxygens (including phenoxy) is 1. The van der Waals surface area contributed by atoms with Gasteiger partial charge in [-0.15, -0.1) is 13.2 Å². The molecule has 5 nitrogen and oxygen atoms in total. The second-order valence-electron chi connectivity index (χ2n) is 8.34. The van der Waals surface area contributed by atoms with Gasteiger partial charge in [0.05, 0.1) is 16.7 Å². The monoisotopic (exact) mass is 452 g/mol. The number of fused-ring (bicyclic) bond motifs is 1. The Morgan fingerprint density at radius 1 is 1.06 bits per heavy atom. The van der Waals surface area contributed by atoms with Gasteiger partial charge in [0.2, 0.25) is 0 Å². The average molecular weight is 452 g/mol. The minimum atomic E-state index is -4.76. The fraction of sp³-hybridized carbons (Fsp3) is 0.304. The predicted molar refractivity (Wildman–Crippen MR) is 115 cm³/mol. The van der Waals surface area contributed by atoms with E-state index >= 15 is 0 Å². The van der Waals surface area contributed by atoms with Gasteiger partial charge in [-0.2, -0.15) is 5.10 Å². The van der Waals surface area contributed by atoms with E-state index in [4.69, 9.17) is 5.10 Å². The normalized spacial score (nSPS) is 12.1. The summed E-state index contributed by atoms with van der Waals surface area (Å²) in [7, 11) is 0. The van der Waals surface area contributed by atoms with E-state index in [0.717, 1.165) is 16.9 Å². The molecule has 0 aliphatic rings. The molecule has 2 aromatic carbocycles. The second kappa shape index (κ2) is 8.92. The van der Waals surface area contributed by atoms with E-state index in [1.54, 1.807) is 30.3 Å². The molecule has 2 heterocycles. The van der Waals surface area contributed by atoms with E-state index in [0.29, 0.717) is 29.0 Å². The molecule has 0 aliphatic carbocycles. The van der Waals surface area contributed by atoms with Gasteiger partial charge >= 0.3 is 35.9 Å². The number of nitrogens with one attached hydrogen (secondary N) is 1. The van der Waals surface area contributed by atoms with Crippen molar-refractivity contribution in [1.29, 1.82) is 0 Å². The number of H-pyrrole nitrogens is 1. The van der Waals surface area contributed by atoms with Crippen molar-refractivity contribution >= 4 is 11.0 Å². The standard InChI is InChI=1S/C23H23F3N4O.Na.H/c1-5-30-18(13-20(29-30)22(2,3)4)21-27-16-11-10-14(12-17(16)28-21)15-8-6-7-9-19(15)31-23(24,25)26;;/h6-13H,5H2,1-4H3,(H,27,28);;/q;+1;-1. The predicted octanol–water partition coefficient (Wildman–Crippen LogP) is 3.43. The minimum Gasteiger partial charge on any atom is -1.00 e. The van der Waals surface area contributed by atoms with Crippen molar-refractivity contribution in [3.05, 3.63) is 54.2 Å². The fourth-order valence-corrected chi connectivity index (χ4v) is 3.43. The molecular formula is C23H24F3N4NaO. The largest absolute Gasteiger partial charge is 1.00 e. The van der Waals surface area contributed by atoms with E-state index in [9.17, 15) is 13.2 Å². The summed E-state index contributed by atoms with van der Waals surface area (Å²) in [5.41, 5.74) is 4.11. The van der Waals surface area contributed by atoms with Gasteiger partial charge in [0.15, 0.2) is 5.82 Å². The molecule has 0 spiro atoms. The number of aromatic nitrogens is 4. The van der Waals surface area contributed by atoms with Gasteiger partial charge in [0.1, 0.15) is 11.4 Å². The van der Waals surface area contributed by atoms with Crippen LogP contribution >= 0.6 is 0 Å². The van der Waals surface area contributed by atoms with E-state index in [1.165, 1.54) is 12.1 Å². The maximum Gasteiger partial charge on any atom is 1.00 e. The van der Waals surface area contributed by atoms with Crippen molar-refractivity contribution < 1.29 is 48.9 Å². The van der Waals surface area contributed by atoms with E-state index in [-0.39, 0.29) is 42.1 Å². The molecule has 0 amide bonds. The van der Waals surface area contributed by atoms with Crippen LogP contribution in [-0.2, 0) is 12.0 Å². The van der Waals surface area contributed by atoms with Crippen LogP contribution in [-0.4, -0.2) is 26.1 Å². The quantitative estimate of drug-likeness (QED) is 0.483. The first-order chi connectivity index (χ1) is 14.5. The topological polar surface area (TPSA) is 55.7 Å². The van der Waals surface area contributed by atoms with Crippen molar-refractivity contribution in [3.8, 4) is 28.4 Å². The summed E-state index contributed by atoms with van der Waals surface area (Å²) in [6, 6.07) is 13.4. The Bertz CT molecular complexity index is 1240. The molecule has 0 radical (unpaired) electrons. The zero-order valence-electron chi connectivity index (χ0n) is 19.7. The van der Waals surface area contributed by atoms with Crippen LogP contribution in [0.25, 0.3) is 33.7 Å². The molecule has 4 rings (SSSR count). The van der Waals surface area contributed by atoms with Gasteiger partial charge in [-0.05, 0) is 36.8 Å². The molecule has 0 unspecified atom stereocenters. The van der Waals surface area contributed by atoms with Crippen LogP contribution < -0.4 is 34.3 Å². The maximum atomic E-state index is 12.8. The van der Waals surface area contributed by atoms with Crippen LogP contribution in [0.2, 0.25) is 0 Å². The number of nitrogens with zero attached hydrogens (tertiary/aromatic N) is 3. The average Bonchev–Trinajstić information content (AvgIpc) is 3.30. The number of para-hydroxylation sites is 1. The molecule has 9 heteroatoms. The molecule has 4 aromatic rings. The Hall–Kier alpha value is -2.29. The number of alkyl halides is 3. The summed E-state index contributed by atoms with van der Waals surface area (Å²) in [5, 5.41) is 4.69. The molecular weight excluding hydrogens is 428 g/mol. The molecule has 1 N–H and O–H groups in total. The Morgan fingerprint density at radius 3 is 2.44 bits per heavy atom. The first-order valence-electron chi connectivity index (χ1n) is 9.99. The van der Waals surface area contributed by atoms with Crippen LogP contribution in [0.5, 0.6) is 5.75 Å². The van der Waals surface area contributed by atoms with Crippen LogP contribution in [0.3, 0.4) is 0 Å². The third kappa shape index (κ3) is 5.03. The molecule has 164 valence electrons. The van der Waals surface area contributed by atoms with Gasteiger partial charge in [-0.1, -0.05) is 45.0 Å². The number of benzene rings is 2. The van der Waals surface area contributed by atoms with Crippen LogP contribution in [0, 0.1) is 0 Å². The number of hydrogen-bond donors (Lipinski definition) is 1. The second-order valence-corrected chi connectivity index (χ2v) is 8.34. The summed E-state index contributed by atoms with van der Waals surface area (Å²) in [6.07, 6.45) is -4.76. The third-order valence-electron chi connectivity index (χ3n) is 5.00. The van der Waals surface area contributed by atoms with Crippen LogP contribution in [0.15, 0.2) is 48.5 Å². The minimum absolute atomic E-state index is 0. The van der Waals surface area contributed by atoms with Gasteiger partial charge in [0, 0.05) is 17.5 Å². The summed E-state index contributed by atoms with van der Waals surface area (Å²) in [4.78, 5) is 7.97. The van der Waals surface area contributed by atoms with E-state index < -0.39 is 6.36 Å². The Kier molecular flexibility index (Phi) is 6.79. The van der Waals surface area contributed by atoms with Crippen molar-refractivity contribution in [2.45, 2.75) is 46.0 Å². The zero-order valence-corrected chi connectivity index (χ0v) is 20.7. The van der Waals surface area contributed by atoms with Crippen LogP contribution in [0.4, 0.5) is 13.2 Å². The van der Waals surface area contributed by atoms with Crippen molar-refractivity contribution in [1.82, 2.24) is 19.7 Å². The van der Waals surface area contributed by atoms with E-state index in [1.807, 2.05) is 17.7 Å². The molecule has 2 aromatic heterocycles. The number of halogens is 3. The van der Waals surface area contributed by atoms with Gasteiger partial charge in [0.25, 0.3) is 0 Å². The number of imidazole rings is 1. The molecule has 0 atom stereocenters. The molecule has 32 heavy (non-hydrogen) atoms. The van der Waals surface area contributed by atoms with Crippen molar-refractivity contribution in [2.24, 2.45) is 0 Å². The molecule has 0 bridgehead atoms. The number of aromatic amines is 1. The Balaban J connectivity index is 0.00000193. The number of hydrogen-bond acceptors (Lipinski definition) is 3. The Labute approximate surface area is 207 Å². The first-order valence-corrected chi connectivity index (χ1v) is 9.99. The Morgan fingerprint density at radius 2 is 1.78 bits per heavy atom.